The Morgan fingerprint density at radius 2 is 2.19 bits per heavy atom. The van der Waals surface area contributed by atoms with E-state index in [2.05, 4.69) is 16.4 Å². The molecule has 1 aromatic heterocycles. The van der Waals surface area contributed by atoms with Crippen LogP contribution in [0.15, 0.2) is 36.5 Å². The van der Waals surface area contributed by atoms with Gasteiger partial charge in [0.2, 0.25) is 5.91 Å². The highest BCUT2D eigenvalue weighted by atomic mass is 16.2. The van der Waals surface area contributed by atoms with E-state index in [1.165, 1.54) is 5.56 Å². The van der Waals surface area contributed by atoms with E-state index in [0.29, 0.717) is 18.5 Å². The molecule has 0 saturated carbocycles. The number of hydrogen-bond acceptors (Lipinski definition) is 3. The van der Waals surface area contributed by atoms with E-state index < -0.39 is 0 Å². The highest BCUT2D eigenvalue weighted by Crippen LogP contribution is 2.28. The Morgan fingerprint density at radius 3 is 3.10 bits per heavy atom. The van der Waals surface area contributed by atoms with Crippen LogP contribution in [0.4, 0.5) is 0 Å². The molecule has 2 fully saturated rings. The smallest absolute Gasteiger partial charge is 0.227 e. The maximum atomic E-state index is 12.6. The molecular formula is C17H19N3O. The molecule has 0 radical (unpaired) electrons. The molecule has 2 saturated heterocycles. The Kier molecular flexibility index (Phi) is 3.11. The van der Waals surface area contributed by atoms with E-state index in [1.54, 1.807) is 0 Å². The first kappa shape index (κ1) is 12.8. The number of carbonyl (C=O) groups excluding carboxylic acids is 1. The Bertz CT molecular complexity index is 679. The molecule has 4 rings (SSSR count). The summed E-state index contributed by atoms with van der Waals surface area (Å²) in [5, 5.41) is 4.64. The van der Waals surface area contributed by atoms with E-state index in [-0.39, 0.29) is 5.92 Å². The third kappa shape index (κ3) is 2.20. The number of benzene rings is 1. The lowest BCUT2D eigenvalue weighted by Gasteiger charge is -2.23. The first-order valence-electron chi connectivity index (χ1n) is 7.68. The molecule has 0 aliphatic carbocycles. The van der Waals surface area contributed by atoms with Gasteiger partial charge in [0.1, 0.15) is 0 Å². The quantitative estimate of drug-likeness (QED) is 0.915. The minimum atomic E-state index is 0.187. The lowest BCUT2D eigenvalue weighted by molar-refractivity contribution is -0.131. The number of nitrogens with one attached hydrogen (secondary N) is 1. The van der Waals surface area contributed by atoms with Gasteiger partial charge in [-0.05, 0) is 37.1 Å². The van der Waals surface area contributed by atoms with Crippen LogP contribution in [0.2, 0.25) is 0 Å². The largest absolute Gasteiger partial charge is 0.336 e. The van der Waals surface area contributed by atoms with Crippen LogP contribution in [-0.4, -0.2) is 34.9 Å². The zero-order valence-corrected chi connectivity index (χ0v) is 12.0. The highest BCUT2D eigenvalue weighted by molar-refractivity contribution is 5.85. The Labute approximate surface area is 124 Å². The van der Waals surface area contributed by atoms with Gasteiger partial charge < -0.3 is 10.2 Å². The zero-order chi connectivity index (χ0) is 14.2. The fourth-order valence-corrected chi connectivity index (χ4v) is 3.64. The molecule has 108 valence electrons. The Balaban J connectivity index is 1.62. The molecule has 21 heavy (non-hydrogen) atoms. The van der Waals surface area contributed by atoms with Gasteiger partial charge in [-0.1, -0.05) is 18.2 Å². The summed E-state index contributed by atoms with van der Waals surface area (Å²) in [5.41, 5.74) is 2.18. The topological polar surface area (TPSA) is 45.2 Å². The number of pyridine rings is 1. The molecule has 1 N–H and O–H groups in total. The summed E-state index contributed by atoms with van der Waals surface area (Å²) in [6.07, 6.45) is 3.98. The number of hydrogen-bond donors (Lipinski definition) is 1. The number of para-hydroxylation sites is 1. The van der Waals surface area contributed by atoms with Crippen LogP contribution in [0.1, 0.15) is 18.4 Å². The van der Waals surface area contributed by atoms with Crippen molar-refractivity contribution in [3.8, 4) is 0 Å². The van der Waals surface area contributed by atoms with Crippen molar-refractivity contribution in [1.82, 2.24) is 15.2 Å². The zero-order valence-electron chi connectivity index (χ0n) is 12.0. The van der Waals surface area contributed by atoms with E-state index in [0.717, 1.165) is 36.8 Å². The minimum Gasteiger partial charge on any atom is -0.336 e. The molecule has 1 aromatic carbocycles. The summed E-state index contributed by atoms with van der Waals surface area (Å²) in [4.78, 5) is 19.0. The van der Waals surface area contributed by atoms with Crippen molar-refractivity contribution < 1.29 is 4.79 Å². The third-order valence-electron chi connectivity index (χ3n) is 4.73. The van der Waals surface area contributed by atoms with E-state index in [9.17, 15) is 4.79 Å². The normalized spacial score (nSPS) is 25.3. The van der Waals surface area contributed by atoms with Crippen LogP contribution in [0.25, 0.3) is 10.9 Å². The fraction of sp³-hybridized carbons (Fsp3) is 0.412. The standard InChI is InChI=1S/C17H19N3O/c21-17-14-5-3-8-18-16(14)11-20(17)10-12-7-9-19-15-6-2-1-4-13(12)15/h1-2,4,6-7,9,14,16,18H,3,5,8,10-11H2. The summed E-state index contributed by atoms with van der Waals surface area (Å²) in [6.45, 7) is 2.57. The van der Waals surface area contributed by atoms with Crippen molar-refractivity contribution in [2.45, 2.75) is 25.4 Å². The first-order chi connectivity index (χ1) is 10.3. The average molecular weight is 281 g/mol. The SMILES string of the molecule is O=C1C2CCCNC2CN1Cc1ccnc2ccccc12. The van der Waals surface area contributed by atoms with Crippen LogP contribution in [-0.2, 0) is 11.3 Å². The molecule has 2 aliphatic heterocycles. The number of nitrogens with zero attached hydrogens (tertiary/aromatic N) is 2. The van der Waals surface area contributed by atoms with Crippen molar-refractivity contribution >= 4 is 16.8 Å². The van der Waals surface area contributed by atoms with Crippen LogP contribution in [0.5, 0.6) is 0 Å². The summed E-state index contributed by atoms with van der Waals surface area (Å²) in [6, 6.07) is 10.5. The molecule has 0 bridgehead atoms. The van der Waals surface area contributed by atoms with Crippen molar-refractivity contribution in [3.63, 3.8) is 0 Å². The van der Waals surface area contributed by atoms with Gasteiger partial charge in [0, 0.05) is 30.7 Å². The van der Waals surface area contributed by atoms with Crippen molar-refractivity contribution in [3.05, 3.63) is 42.1 Å². The second kappa shape index (κ2) is 5.11. The van der Waals surface area contributed by atoms with E-state index in [4.69, 9.17) is 0 Å². The third-order valence-corrected chi connectivity index (χ3v) is 4.73. The van der Waals surface area contributed by atoms with Crippen molar-refractivity contribution in [2.75, 3.05) is 13.1 Å². The summed E-state index contributed by atoms with van der Waals surface area (Å²) >= 11 is 0. The number of carbonyl (C=O) groups is 1. The summed E-state index contributed by atoms with van der Waals surface area (Å²) in [7, 11) is 0. The fourth-order valence-electron chi connectivity index (χ4n) is 3.64. The monoisotopic (exact) mass is 281 g/mol. The van der Waals surface area contributed by atoms with Gasteiger partial charge in [-0.2, -0.15) is 0 Å². The second-order valence-corrected chi connectivity index (χ2v) is 6.02. The van der Waals surface area contributed by atoms with Gasteiger partial charge in [-0.25, -0.2) is 0 Å². The van der Waals surface area contributed by atoms with Gasteiger partial charge in [0.15, 0.2) is 0 Å². The van der Waals surface area contributed by atoms with Crippen LogP contribution in [0, 0.1) is 5.92 Å². The predicted molar refractivity (Wildman–Crippen MR) is 81.7 cm³/mol. The van der Waals surface area contributed by atoms with Crippen molar-refractivity contribution in [1.29, 1.82) is 0 Å². The number of amides is 1. The molecule has 2 aliphatic rings. The highest BCUT2D eigenvalue weighted by Gasteiger charge is 2.41. The molecule has 4 nitrogen and oxygen atoms in total. The minimum absolute atomic E-state index is 0.187. The van der Waals surface area contributed by atoms with Gasteiger partial charge in [-0.15, -0.1) is 0 Å². The number of fused-ring (bicyclic) bond motifs is 2. The van der Waals surface area contributed by atoms with Gasteiger partial charge in [0.25, 0.3) is 0 Å². The molecule has 2 unspecified atom stereocenters. The first-order valence-corrected chi connectivity index (χ1v) is 7.68. The average Bonchev–Trinajstić information content (AvgIpc) is 2.85. The molecule has 2 atom stereocenters. The van der Waals surface area contributed by atoms with Crippen LogP contribution < -0.4 is 5.32 Å². The molecule has 4 heteroatoms. The predicted octanol–water partition coefficient (Wildman–Crippen LogP) is 1.95. The second-order valence-electron chi connectivity index (χ2n) is 6.02. The molecule has 3 heterocycles. The van der Waals surface area contributed by atoms with Crippen LogP contribution >= 0.6 is 0 Å². The summed E-state index contributed by atoms with van der Waals surface area (Å²) in [5.74, 6) is 0.500. The number of rotatable bonds is 2. The van der Waals surface area contributed by atoms with Gasteiger partial charge in [0.05, 0.1) is 11.4 Å². The lowest BCUT2D eigenvalue weighted by atomic mass is 9.94. The number of piperidine rings is 1. The van der Waals surface area contributed by atoms with E-state index in [1.807, 2.05) is 35.4 Å². The van der Waals surface area contributed by atoms with E-state index >= 15 is 0 Å². The molecule has 0 spiro atoms. The van der Waals surface area contributed by atoms with Crippen LogP contribution in [0.3, 0.4) is 0 Å². The molecule has 1 amide bonds. The lowest BCUT2D eigenvalue weighted by Crippen LogP contribution is -2.41. The number of likely N-dealkylation sites (tertiary alicyclic amines) is 1. The number of aromatic nitrogens is 1. The van der Waals surface area contributed by atoms with Gasteiger partial charge in [-0.3, -0.25) is 9.78 Å². The Morgan fingerprint density at radius 1 is 1.29 bits per heavy atom. The molecular weight excluding hydrogens is 262 g/mol. The summed E-state index contributed by atoms with van der Waals surface area (Å²) < 4.78 is 0. The maximum Gasteiger partial charge on any atom is 0.227 e. The van der Waals surface area contributed by atoms with Crippen molar-refractivity contribution in [2.24, 2.45) is 5.92 Å². The van der Waals surface area contributed by atoms with Gasteiger partial charge >= 0.3 is 0 Å². The molecule has 2 aromatic rings. The Hall–Kier alpha value is -1.94. The maximum absolute atomic E-state index is 12.6.